The molecule has 106 valence electrons. The van der Waals surface area contributed by atoms with E-state index in [1.54, 1.807) is 18.2 Å². The molecule has 4 heteroatoms. The zero-order valence-electron chi connectivity index (χ0n) is 11.4. The highest BCUT2D eigenvalue weighted by atomic mass is 16.3. The number of hydrogen-bond donors (Lipinski definition) is 4. The van der Waals surface area contributed by atoms with Gasteiger partial charge in [-0.05, 0) is 35.7 Å². The lowest BCUT2D eigenvalue weighted by atomic mass is 9.97. The van der Waals surface area contributed by atoms with E-state index in [4.69, 9.17) is 5.73 Å². The Morgan fingerprint density at radius 2 is 1.70 bits per heavy atom. The van der Waals surface area contributed by atoms with E-state index in [9.17, 15) is 15.3 Å². The summed E-state index contributed by atoms with van der Waals surface area (Å²) in [5.74, 6) is 0.254. The minimum atomic E-state index is -0.244. The molecule has 0 radical (unpaired) electrons. The highest BCUT2D eigenvalue weighted by Crippen LogP contribution is 2.30. The molecule has 0 aliphatic carbocycles. The first-order valence-electron chi connectivity index (χ1n) is 6.48. The SMILES string of the molecule is Cc1ccc(O)c(Cc2cc(CN)cc(CO)c2O)c1. The molecular weight excluding hydrogens is 254 g/mol. The average Bonchev–Trinajstić information content (AvgIpc) is 2.45. The van der Waals surface area contributed by atoms with Crippen molar-refractivity contribution in [2.75, 3.05) is 0 Å². The zero-order chi connectivity index (χ0) is 14.7. The van der Waals surface area contributed by atoms with Crippen molar-refractivity contribution in [3.8, 4) is 11.5 Å². The summed E-state index contributed by atoms with van der Waals surface area (Å²) in [6.07, 6.45) is 0.389. The molecule has 0 bridgehead atoms. The first kappa shape index (κ1) is 14.4. The van der Waals surface area contributed by atoms with Crippen LogP contribution in [0.4, 0.5) is 0 Å². The van der Waals surface area contributed by atoms with Gasteiger partial charge in [0, 0.05) is 18.5 Å². The van der Waals surface area contributed by atoms with Crippen LogP contribution in [0.3, 0.4) is 0 Å². The molecule has 0 unspecified atom stereocenters. The molecule has 0 saturated carbocycles. The molecule has 0 saturated heterocycles. The van der Waals surface area contributed by atoms with Crippen LogP contribution in [0.25, 0.3) is 0 Å². The second-order valence-electron chi connectivity index (χ2n) is 4.93. The third-order valence-electron chi connectivity index (χ3n) is 3.35. The molecule has 0 aliphatic heterocycles. The van der Waals surface area contributed by atoms with E-state index in [2.05, 4.69) is 0 Å². The number of benzene rings is 2. The van der Waals surface area contributed by atoms with Crippen molar-refractivity contribution in [2.24, 2.45) is 5.73 Å². The quantitative estimate of drug-likeness (QED) is 0.685. The van der Waals surface area contributed by atoms with Crippen LogP contribution in [-0.4, -0.2) is 15.3 Å². The Morgan fingerprint density at radius 1 is 1.00 bits per heavy atom. The van der Waals surface area contributed by atoms with Gasteiger partial charge in [0.25, 0.3) is 0 Å². The van der Waals surface area contributed by atoms with Crippen molar-refractivity contribution in [3.05, 3.63) is 58.1 Å². The summed E-state index contributed by atoms with van der Waals surface area (Å²) in [6.45, 7) is 2.03. The largest absolute Gasteiger partial charge is 0.508 e. The number of rotatable bonds is 4. The van der Waals surface area contributed by atoms with Crippen LogP contribution >= 0.6 is 0 Å². The Balaban J connectivity index is 2.44. The summed E-state index contributed by atoms with van der Waals surface area (Å²) in [7, 11) is 0. The fraction of sp³-hybridized carbons (Fsp3) is 0.250. The first-order chi connectivity index (χ1) is 9.55. The maximum atomic E-state index is 10.1. The monoisotopic (exact) mass is 273 g/mol. The summed E-state index contributed by atoms with van der Waals surface area (Å²) >= 11 is 0. The van der Waals surface area contributed by atoms with Gasteiger partial charge in [-0.25, -0.2) is 0 Å². The van der Waals surface area contributed by atoms with E-state index in [-0.39, 0.29) is 18.1 Å². The van der Waals surface area contributed by atoms with E-state index in [0.29, 0.717) is 24.1 Å². The molecule has 5 N–H and O–H groups in total. The standard InChI is InChI=1S/C16H19NO3/c1-10-2-3-15(19)12(4-10)7-13-5-11(8-17)6-14(9-18)16(13)20/h2-6,18-20H,7-9,17H2,1H3. The molecule has 0 aromatic heterocycles. The van der Waals surface area contributed by atoms with E-state index in [1.807, 2.05) is 19.1 Å². The van der Waals surface area contributed by atoms with Gasteiger partial charge < -0.3 is 21.1 Å². The Kier molecular flexibility index (Phi) is 4.27. The van der Waals surface area contributed by atoms with Gasteiger partial charge in [0.1, 0.15) is 11.5 Å². The smallest absolute Gasteiger partial charge is 0.124 e. The lowest BCUT2D eigenvalue weighted by Crippen LogP contribution is -2.01. The molecule has 0 fully saturated rings. The van der Waals surface area contributed by atoms with Gasteiger partial charge in [-0.1, -0.05) is 23.8 Å². The van der Waals surface area contributed by atoms with Crippen LogP contribution in [0.5, 0.6) is 11.5 Å². The van der Waals surface area contributed by atoms with Crippen LogP contribution < -0.4 is 5.73 Å². The summed E-state index contributed by atoms with van der Waals surface area (Å²) < 4.78 is 0. The van der Waals surface area contributed by atoms with Gasteiger partial charge >= 0.3 is 0 Å². The number of aliphatic hydroxyl groups is 1. The first-order valence-corrected chi connectivity index (χ1v) is 6.48. The third-order valence-corrected chi connectivity index (χ3v) is 3.35. The van der Waals surface area contributed by atoms with E-state index in [0.717, 1.165) is 16.7 Å². The summed E-state index contributed by atoms with van der Waals surface area (Å²) in [5, 5.41) is 29.3. The maximum absolute atomic E-state index is 10.1. The predicted molar refractivity (Wildman–Crippen MR) is 77.6 cm³/mol. The topological polar surface area (TPSA) is 86.7 Å². The molecule has 20 heavy (non-hydrogen) atoms. The molecular formula is C16H19NO3. The van der Waals surface area contributed by atoms with Gasteiger partial charge in [0.2, 0.25) is 0 Å². The van der Waals surface area contributed by atoms with Crippen LogP contribution in [-0.2, 0) is 19.6 Å². The molecule has 2 aromatic carbocycles. The van der Waals surface area contributed by atoms with Crippen LogP contribution in [0.1, 0.15) is 27.8 Å². The Bertz CT molecular complexity index is 623. The molecule has 0 atom stereocenters. The zero-order valence-corrected chi connectivity index (χ0v) is 11.4. The third kappa shape index (κ3) is 2.92. The Morgan fingerprint density at radius 3 is 2.35 bits per heavy atom. The molecule has 0 aliphatic rings. The number of aliphatic hydroxyl groups excluding tert-OH is 1. The summed E-state index contributed by atoms with van der Waals surface area (Å²) in [5.41, 5.74) is 9.34. The molecule has 4 nitrogen and oxygen atoms in total. The van der Waals surface area contributed by atoms with Gasteiger partial charge in [-0.15, -0.1) is 0 Å². The normalized spacial score (nSPS) is 10.8. The number of aromatic hydroxyl groups is 2. The van der Waals surface area contributed by atoms with Crippen molar-refractivity contribution in [2.45, 2.75) is 26.5 Å². The summed E-state index contributed by atoms with van der Waals surface area (Å²) in [6, 6.07) is 8.84. The van der Waals surface area contributed by atoms with Crippen LogP contribution in [0.15, 0.2) is 30.3 Å². The fourth-order valence-corrected chi connectivity index (χ4v) is 2.27. The van der Waals surface area contributed by atoms with Crippen LogP contribution in [0.2, 0.25) is 0 Å². The predicted octanol–water partition coefficient (Wildman–Crippen LogP) is 1.95. The van der Waals surface area contributed by atoms with Gasteiger partial charge in [0.05, 0.1) is 6.61 Å². The van der Waals surface area contributed by atoms with E-state index < -0.39 is 0 Å². The minimum Gasteiger partial charge on any atom is -0.508 e. The highest BCUT2D eigenvalue weighted by Gasteiger charge is 2.12. The minimum absolute atomic E-state index is 0.0607. The van der Waals surface area contributed by atoms with Crippen LogP contribution in [0, 0.1) is 6.92 Å². The average molecular weight is 273 g/mol. The van der Waals surface area contributed by atoms with E-state index >= 15 is 0 Å². The van der Waals surface area contributed by atoms with Crippen molar-refractivity contribution >= 4 is 0 Å². The Labute approximate surface area is 118 Å². The molecule has 0 heterocycles. The van der Waals surface area contributed by atoms with Gasteiger partial charge in [0.15, 0.2) is 0 Å². The number of phenols is 2. The molecule has 0 spiro atoms. The van der Waals surface area contributed by atoms with Crippen molar-refractivity contribution in [1.82, 2.24) is 0 Å². The van der Waals surface area contributed by atoms with Crippen molar-refractivity contribution < 1.29 is 15.3 Å². The summed E-state index contributed by atoms with van der Waals surface area (Å²) in [4.78, 5) is 0. The Hall–Kier alpha value is -2.04. The molecule has 0 amide bonds. The second kappa shape index (κ2) is 5.94. The van der Waals surface area contributed by atoms with E-state index in [1.165, 1.54) is 0 Å². The van der Waals surface area contributed by atoms with Crippen molar-refractivity contribution in [3.63, 3.8) is 0 Å². The molecule has 2 rings (SSSR count). The highest BCUT2D eigenvalue weighted by molar-refractivity contribution is 5.48. The van der Waals surface area contributed by atoms with Gasteiger partial charge in [-0.3, -0.25) is 0 Å². The second-order valence-corrected chi connectivity index (χ2v) is 4.93. The van der Waals surface area contributed by atoms with Crippen molar-refractivity contribution in [1.29, 1.82) is 0 Å². The molecule has 2 aromatic rings. The number of aryl methyl sites for hydroxylation is 1. The lowest BCUT2D eigenvalue weighted by molar-refractivity contribution is 0.275. The number of hydrogen-bond acceptors (Lipinski definition) is 4. The lowest BCUT2D eigenvalue weighted by Gasteiger charge is -2.12. The van der Waals surface area contributed by atoms with Gasteiger partial charge in [-0.2, -0.15) is 0 Å². The maximum Gasteiger partial charge on any atom is 0.124 e. The fourth-order valence-electron chi connectivity index (χ4n) is 2.27. The number of phenolic OH excluding ortho intramolecular Hbond substituents is 1. The number of nitrogens with two attached hydrogens (primary N) is 1.